The first-order valence-electron chi connectivity index (χ1n) is 8.34. The molecule has 0 amide bonds. The smallest absolute Gasteiger partial charge is 0.347 e. The van der Waals surface area contributed by atoms with Crippen LogP contribution in [-0.2, 0) is 17.5 Å². The molecule has 130 valence electrons. The first-order chi connectivity index (χ1) is 12.0. The highest BCUT2D eigenvalue weighted by Gasteiger charge is 2.44. The van der Waals surface area contributed by atoms with Crippen molar-refractivity contribution in [1.82, 2.24) is 0 Å². The van der Waals surface area contributed by atoms with Gasteiger partial charge in [0, 0.05) is 24.2 Å². The lowest BCUT2D eigenvalue weighted by Gasteiger charge is -2.42. The first-order valence-corrected chi connectivity index (χ1v) is 8.34. The van der Waals surface area contributed by atoms with E-state index < -0.39 is 17.5 Å². The molecule has 2 aromatic rings. The average molecular weight is 345 g/mol. The highest BCUT2D eigenvalue weighted by molar-refractivity contribution is 5.62. The summed E-state index contributed by atoms with van der Waals surface area (Å²) >= 11 is 0. The summed E-state index contributed by atoms with van der Waals surface area (Å²) in [5, 5.41) is 0. The molecule has 2 heterocycles. The zero-order valence-electron chi connectivity index (χ0n) is 13.6. The van der Waals surface area contributed by atoms with Gasteiger partial charge in [-0.3, -0.25) is 0 Å². The molecule has 2 nitrogen and oxygen atoms in total. The van der Waals surface area contributed by atoms with E-state index in [9.17, 15) is 13.2 Å². The number of benzene rings is 2. The van der Waals surface area contributed by atoms with E-state index in [0.717, 1.165) is 30.0 Å². The molecular formula is C20H18F3NO. The number of rotatable bonds is 2. The molecule has 0 radical (unpaired) electrons. The van der Waals surface area contributed by atoms with Crippen molar-refractivity contribution in [2.24, 2.45) is 0 Å². The molecule has 0 aromatic heterocycles. The van der Waals surface area contributed by atoms with Crippen molar-refractivity contribution in [1.29, 1.82) is 0 Å². The van der Waals surface area contributed by atoms with E-state index in [2.05, 4.69) is 0 Å². The Morgan fingerprint density at radius 2 is 1.88 bits per heavy atom. The second kappa shape index (κ2) is 5.92. The van der Waals surface area contributed by atoms with Gasteiger partial charge in [0.2, 0.25) is 0 Å². The molecule has 2 aliphatic heterocycles. The number of nitrogens with zero attached hydrogens (tertiary/aromatic N) is 1. The molecule has 0 N–H and O–H groups in total. The van der Waals surface area contributed by atoms with E-state index in [1.165, 1.54) is 12.1 Å². The van der Waals surface area contributed by atoms with E-state index in [0.29, 0.717) is 18.8 Å². The summed E-state index contributed by atoms with van der Waals surface area (Å²) in [4.78, 5) is 1.97. The Kier molecular flexibility index (Phi) is 3.84. The predicted octanol–water partition coefficient (Wildman–Crippen LogP) is 5.25. The van der Waals surface area contributed by atoms with Crippen molar-refractivity contribution in [2.75, 3.05) is 11.4 Å². The normalized spacial score (nSPS) is 22.9. The second-order valence-electron chi connectivity index (χ2n) is 6.47. The Hall–Kier alpha value is -2.27. The Balaban J connectivity index is 1.71. The van der Waals surface area contributed by atoms with E-state index in [1.54, 1.807) is 0 Å². The van der Waals surface area contributed by atoms with Gasteiger partial charge in [0.25, 0.3) is 0 Å². The van der Waals surface area contributed by atoms with Gasteiger partial charge in [0.05, 0.1) is 12.2 Å². The molecule has 1 saturated heterocycles. The van der Waals surface area contributed by atoms with E-state index >= 15 is 0 Å². The summed E-state index contributed by atoms with van der Waals surface area (Å²) in [6.07, 6.45) is 1.28. The summed E-state index contributed by atoms with van der Waals surface area (Å²) in [5.74, 6) is 0. The van der Waals surface area contributed by atoms with Crippen LogP contribution in [0.15, 0.2) is 54.6 Å². The number of halogens is 3. The maximum atomic E-state index is 13.1. The second-order valence-corrected chi connectivity index (χ2v) is 6.47. The van der Waals surface area contributed by atoms with Gasteiger partial charge in [-0.15, -0.1) is 0 Å². The molecule has 0 spiro atoms. The van der Waals surface area contributed by atoms with Crippen LogP contribution in [0.5, 0.6) is 0 Å². The molecular weight excluding hydrogens is 327 g/mol. The summed E-state index contributed by atoms with van der Waals surface area (Å²) in [7, 11) is 0. The molecule has 0 aliphatic carbocycles. The van der Waals surface area contributed by atoms with Gasteiger partial charge in [-0.05, 0) is 30.2 Å². The third kappa shape index (κ3) is 2.93. The quantitative estimate of drug-likeness (QED) is 0.737. The lowest BCUT2D eigenvalue weighted by molar-refractivity contribution is -0.137. The minimum atomic E-state index is -4.34. The zero-order valence-corrected chi connectivity index (χ0v) is 13.6. The topological polar surface area (TPSA) is 12.5 Å². The van der Waals surface area contributed by atoms with Crippen LogP contribution in [0.25, 0.3) is 6.08 Å². The maximum absolute atomic E-state index is 13.1. The largest absolute Gasteiger partial charge is 0.416 e. The Morgan fingerprint density at radius 1 is 1.08 bits per heavy atom. The van der Waals surface area contributed by atoms with Crippen molar-refractivity contribution in [3.63, 3.8) is 0 Å². The molecule has 25 heavy (non-hydrogen) atoms. The van der Waals surface area contributed by atoms with Crippen LogP contribution in [0.1, 0.15) is 29.5 Å². The molecule has 1 atom stereocenters. The first kappa shape index (κ1) is 16.2. The third-order valence-electron chi connectivity index (χ3n) is 4.89. The fourth-order valence-corrected chi connectivity index (χ4v) is 3.62. The lowest BCUT2D eigenvalue weighted by atomic mass is 10.0. The van der Waals surface area contributed by atoms with Crippen LogP contribution in [0.3, 0.4) is 0 Å². The van der Waals surface area contributed by atoms with Crippen molar-refractivity contribution in [3.8, 4) is 0 Å². The maximum Gasteiger partial charge on any atom is 0.416 e. The predicted molar refractivity (Wildman–Crippen MR) is 91.0 cm³/mol. The number of hydrogen-bond acceptors (Lipinski definition) is 2. The van der Waals surface area contributed by atoms with Gasteiger partial charge >= 0.3 is 6.18 Å². The third-order valence-corrected chi connectivity index (χ3v) is 4.89. The van der Waals surface area contributed by atoms with Gasteiger partial charge in [-0.1, -0.05) is 42.5 Å². The monoisotopic (exact) mass is 345 g/mol. The molecule has 1 fully saturated rings. The number of alkyl halides is 3. The fraction of sp³-hybridized carbons (Fsp3) is 0.300. The molecule has 2 aliphatic rings. The standard InChI is InChI=1S/C20H18F3NO/c21-20(22,23)17-8-7-16-14-25-19(10-4-12-24(19)18(16)13-17)11-9-15-5-2-1-3-6-15/h1-3,5-9,11,13H,4,10,12,14H2/b11-9+. The van der Waals surface area contributed by atoms with Gasteiger partial charge in [-0.25, -0.2) is 0 Å². The molecule has 2 aromatic carbocycles. The van der Waals surface area contributed by atoms with Crippen molar-refractivity contribution < 1.29 is 17.9 Å². The van der Waals surface area contributed by atoms with Crippen molar-refractivity contribution in [2.45, 2.75) is 31.3 Å². The van der Waals surface area contributed by atoms with Crippen LogP contribution < -0.4 is 4.90 Å². The van der Waals surface area contributed by atoms with Gasteiger partial charge < -0.3 is 9.64 Å². The van der Waals surface area contributed by atoms with E-state index in [1.807, 2.05) is 47.4 Å². The SMILES string of the molecule is FC(F)(F)c1ccc2c(c1)N1CCCC1(/C=C/c1ccccc1)OC2. The number of anilines is 1. The average Bonchev–Trinajstić information content (AvgIpc) is 3.04. The molecule has 1 unspecified atom stereocenters. The zero-order chi connectivity index (χ0) is 17.5. The molecule has 0 bridgehead atoms. The highest BCUT2D eigenvalue weighted by atomic mass is 19.4. The number of hydrogen-bond donors (Lipinski definition) is 0. The van der Waals surface area contributed by atoms with Crippen LogP contribution in [0.4, 0.5) is 18.9 Å². The van der Waals surface area contributed by atoms with Gasteiger partial charge in [0.1, 0.15) is 0 Å². The minimum absolute atomic E-state index is 0.323. The van der Waals surface area contributed by atoms with E-state index in [-0.39, 0.29) is 0 Å². The Morgan fingerprint density at radius 3 is 2.64 bits per heavy atom. The summed E-state index contributed by atoms with van der Waals surface area (Å²) < 4.78 is 45.4. The minimum Gasteiger partial charge on any atom is -0.347 e. The lowest BCUT2D eigenvalue weighted by Crippen LogP contribution is -2.47. The molecule has 4 rings (SSSR count). The van der Waals surface area contributed by atoms with Crippen molar-refractivity contribution in [3.05, 3.63) is 71.3 Å². The van der Waals surface area contributed by atoms with Gasteiger partial charge in [-0.2, -0.15) is 13.2 Å². The number of fused-ring (bicyclic) bond motifs is 3. The van der Waals surface area contributed by atoms with Crippen LogP contribution in [0.2, 0.25) is 0 Å². The highest BCUT2D eigenvalue weighted by Crippen LogP contribution is 2.45. The Bertz CT molecular complexity index is 800. The summed E-state index contributed by atoms with van der Waals surface area (Å²) in [5.41, 5.74) is 1.21. The van der Waals surface area contributed by atoms with Crippen LogP contribution >= 0.6 is 0 Å². The Labute approximate surface area is 144 Å². The summed E-state index contributed by atoms with van der Waals surface area (Å²) in [6, 6.07) is 13.8. The van der Waals surface area contributed by atoms with Gasteiger partial charge in [0.15, 0.2) is 5.72 Å². The van der Waals surface area contributed by atoms with E-state index in [4.69, 9.17) is 4.74 Å². The van der Waals surface area contributed by atoms with Crippen LogP contribution in [0, 0.1) is 0 Å². The molecule has 5 heteroatoms. The number of ether oxygens (including phenoxy) is 1. The van der Waals surface area contributed by atoms with Crippen LogP contribution in [-0.4, -0.2) is 12.3 Å². The fourth-order valence-electron chi connectivity index (χ4n) is 3.62. The summed E-state index contributed by atoms with van der Waals surface area (Å²) in [6.45, 7) is 1.01. The van der Waals surface area contributed by atoms with Crippen molar-refractivity contribution >= 4 is 11.8 Å². The molecule has 0 saturated carbocycles.